The molecule has 0 spiro atoms. The van der Waals surface area contributed by atoms with E-state index in [2.05, 4.69) is 30.7 Å². The summed E-state index contributed by atoms with van der Waals surface area (Å²) in [6.07, 6.45) is 1.31. The van der Waals surface area contributed by atoms with Crippen LogP contribution in [0.25, 0.3) is 0 Å². The Morgan fingerprint density at radius 3 is 2.79 bits per heavy atom. The molecular weight excluding hydrogens is 339 g/mol. The van der Waals surface area contributed by atoms with Crippen molar-refractivity contribution in [2.75, 3.05) is 0 Å². The van der Waals surface area contributed by atoms with Crippen molar-refractivity contribution in [3.05, 3.63) is 40.6 Å². The van der Waals surface area contributed by atoms with Crippen LogP contribution in [0.15, 0.2) is 33.9 Å². The molecular formula is C10H10BrFN4O2S. The maximum Gasteiger partial charge on any atom is 0.245 e. The monoisotopic (exact) mass is 348 g/mol. The predicted octanol–water partition coefficient (Wildman–Crippen LogP) is 1.20. The van der Waals surface area contributed by atoms with E-state index in [4.69, 9.17) is 0 Å². The van der Waals surface area contributed by atoms with Crippen LogP contribution in [0.3, 0.4) is 0 Å². The van der Waals surface area contributed by atoms with E-state index < -0.39 is 20.7 Å². The third-order valence-corrected chi connectivity index (χ3v) is 4.81. The van der Waals surface area contributed by atoms with Crippen LogP contribution < -0.4 is 4.72 Å². The van der Waals surface area contributed by atoms with Crippen molar-refractivity contribution in [3.8, 4) is 0 Å². The van der Waals surface area contributed by atoms with E-state index >= 15 is 0 Å². The fourth-order valence-electron chi connectivity index (χ4n) is 1.45. The first kappa shape index (κ1) is 14.1. The van der Waals surface area contributed by atoms with Gasteiger partial charge in [-0.2, -0.15) is 5.10 Å². The second-order valence-corrected chi connectivity index (χ2v) is 6.23. The molecule has 2 rings (SSSR count). The van der Waals surface area contributed by atoms with Gasteiger partial charge in [-0.25, -0.2) is 22.5 Å². The lowest BCUT2D eigenvalue weighted by atomic mass is 10.3. The van der Waals surface area contributed by atoms with Crippen LogP contribution in [-0.2, 0) is 23.6 Å². The van der Waals surface area contributed by atoms with Gasteiger partial charge in [0, 0.05) is 11.5 Å². The smallest absolute Gasteiger partial charge is 0.245 e. The molecule has 0 amide bonds. The molecule has 6 nitrogen and oxygen atoms in total. The normalized spacial score (nSPS) is 11.7. The Kier molecular flexibility index (Phi) is 3.97. The number of sulfonamides is 1. The van der Waals surface area contributed by atoms with E-state index in [1.807, 2.05) is 0 Å². The first-order chi connectivity index (χ1) is 8.92. The Hall–Kier alpha value is -1.32. The van der Waals surface area contributed by atoms with Gasteiger partial charge in [-0.15, -0.1) is 0 Å². The zero-order chi connectivity index (χ0) is 14.0. The van der Waals surface area contributed by atoms with Crippen LogP contribution in [0.2, 0.25) is 0 Å². The zero-order valence-electron chi connectivity index (χ0n) is 9.84. The fraction of sp³-hybridized carbons (Fsp3) is 0.200. The highest BCUT2D eigenvalue weighted by Gasteiger charge is 2.22. The SMILES string of the molecule is Cn1ncnc1CNS(=O)(=O)c1c(F)cccc1Br. The number of nitrogens with zero attached hydrogens (tertiary/aromatic N) is 3. The number of aromatic nitrogens is 3. The molecule has 0 unspecified atom stereocenters. The number of halogens is 2. The zero-order valence-corrected chi connectivity index (χ0v) is 12.2. The minimum absolute atomic E-state index is 0.0698. The standard InChI is InChI=1S/C10H10BrFN4O2S/c1-16-9(13-6-14-16)5-15-19(17,18)10-7(11)3-2-4-8(10)12/h2-4,6,15H,5H2,1H3. The molecule has 0 bridgehead atoms. The summed E-state index contributed by atoms with van der Waals surface area (Å²) in [7, 11) is -2.33. The second-order valence-electron chi connectivity index (χ2n) is 3.68. The molecule has 19 heavy (non-hydrogen) atoms. The van der Waals surface area contributed by atoms with Crippen LogP contribution in [0.5, 0.6) is 0 Å². The third-order valence-electron chi connectivity index (χ3n) is 2.41. The summed E-state index contributed by atoms with van der Waals surface area (Å²) >= 11 is 3.02. The van der Waals surface area contributed by atoms with Gasteiger partial charge in [0.05, 0.1) is 6.54 Å². The van der Waals surface area contributed by atoms with E-state index in [0.29, 0.717) is 5.82 Å². The number of benzene rings is 1. The maximum atomic E-state index is 13.6. The van der Waals surface area contributed by atoms with Gasteiger partial charge in [0.2, 0.25) is 10.0 Å². The molecule has 102 valence electrons. The molecule has 0 fully saturated rings. The van der Waals surface area contributed by atoms with Crippen LogP contribution in [0, 0.1) is 5.82 Å². The van der Waals surface area contributed by atoms with Crippen LogP contribution in [-0.4, -0.2) is 23.2 Å². The highest BCUT2D eigenvalue weighted by atomic mass is 79.9. The molecule has 1 heterocycles. The Morgan fingerprint density at radius 2 is 2.21 bits per heavy atom. The van der Waals surface area contributed by atoms with Gasteiger partial charge in [-0.1, -0.05) is 6.07 Å². The van der Waals surface area contributed by atoms with Gasteiger partial charge < -0.3 is 0 Å². The summed E-state index contributed by atoms with van der Waals surface area (Å²) in [5, 5.41) is 3.81. The van der Waals surface area contributed by atoms with E-state index in [1.165, 1.54) is 23.1 Å². The van der Waals surface area contributed by atoms with Crippen molar-refractivity contribution in [3.63, 3.8) is 0 Å². The quantitative estimate of drug-likeness (QED) is 0.900. The first-order valence-corrected chi connectivity index (χ1v) is 7.46. The topological polar surface area (TPSA) is 76.9 Å². The molecule has 2 aromatic rings. The molecule has 1 N–H and O–H groups in total. The molecule has 0 aliphatic carbocycles. The summed E-state index contributed by atoms with van der Waals surface area (Å²) in [5.74, 6) is -0.393. The molecule has 0 saturated heterocycles. The van der Waals surface area contributed by atoms with Crippen LogP contribution in [0.4, 0.5) is 4.39 Å². The van der Waals surface area contributed by atoms with Gasteiger partial charge in [0.15, 0.2) is 0 Å². The fourth-order valence-corrected chi connectivity index (χ4v) is 3.55. The number of aryl methyl sites for hydroxylation is 1. The van der Waals surface area contributed by atoms with Crippen molar-refractivity contribution >= 4 is 26.0 Å². The highest BCUT2D eigenvalue weighted by molar-refractivity contribution is 9.10. The van der Waals surface area contributed by atoms with E-state index in [0.717, 1.165) is 6.07 Å². The Morgan fingerprint density at radius 1 is 1.47 bits per heavy atom. The summed E-state index contributed by atoms with van der Waals surface area (Å²) in [4.78, 5) is 3.46. The maximum absolute atomic E-state index is 13.6. The number of hydrogen-bond donors (Lipinski definition) is 1. The van der Waals surface area contributed by atoms with Gasteiger partial charge in [0.25, 0.3) is 0 Å². The number of rotatable bonds is 4. The summed E-state index contributed by atoms with van der Waals surface area (Å²) in [6, 6.07) is 3.96. The Balaban J connectivity index is 2.26. The second kappa shape index (κ2) is 5.35. The van der Waals surface area contributed by atoms with Crippen molar-refractivity contribution in [2.45, 2.75) is 11.4 Å². The third kappa shape index (κ3) is 2.99. The predicted molar refractivity (Wildman–Crippen MR) is 69.1 cm³/mol. The van der Waals surface area contributed by atoms with Gasteiger partial charge in [-0.05, 0) is 28.1 Å². The average molecular weight is 349 g/mol. The Bertz CT molecular complexity index is 681. The lowest BCUT2D eigenvalue weighted by Gasteiger charge is -2.08. The van der Waals surface area contributed by atoms with Gasteiger partial charge >= 0.3 is 0 Å². The molecule has 0 aliphatic rings. The van der Waals surface area contributed by atoms with Gasteiger partial charge in [-0.3, -0.25) is 4.68 Å². The van der Waals surface area contributed by atoms with E-state index in [1.54, 1.807) is 7.05 Å². The largest absolute Gasteiger partial charge is 0.252 e. The summed E-state index contributed by atoms with van der Waals surface area (Å²) in [6.45, 7) is -0.0698. The molecule has 9 heteroatoms. The lowest BCUT2D eigenvalue weighted by Crippen LogP contribution is -2.26. The molecule has 0 aliphatic heterocycles. The Labute approximate surface area is 117 Å². The first-order valence-electron chi connectivity index (χ1n) is 5.18. The van der Waals surface area contributed by atoms with Crippen LogP contribution >= 0.6 is 15.9 Å². The van der Waals surface area contributed by atoms with Crippen molar-refractivity contribution in [1.82, 2.24) is 19.5 Å². The number of nitrogens with one attached hydrogen (secondary N) is 1. The van der Waals surface area contributed by atoms with Gasteiger partial charge in [0.1, 0.15) is 22.9 Å². The minimum atomic E-state index is -3.97. The lowest BCUT2D eigenvalue weighted by molar-refractivity contribution is 0.552. The molecule has 0 atom stereocenters. The molecule has 0 radical (unpaired) electrons. The molecule has 0 saturated carbocycles. The molecule has 1 aromatic carbocycles. The van der Waals surface area contributed by atoms with Crippen molar-refractivity contribution in [2.24, 2.45) is 7.05 Å². The minimum Gasteiger partial charge on any atom is -0.252 e. The van der Waals surface area contributed by atoms with E-state index in [-0.39, 0.29) is 11.0 Å². The summed E-state index contributed by atoms with van der Waals surface area (Å²) in [5.41, 5.74) is 0. The molecule has 1 aromatic heterocycles. The van der Waals surface area contributed by atoms with Crippen LogP contribution in [0.1, 0.15) is 5.82 Å². The number of hydrogen-bond acceptors (Lipinski definition) is 4. The average Bonchev–Trinajstić information content (AvgIpc) is 2.72. The van der Waals surface area contributed by atoms with E-state index in [9.17, 15) is 12.8 Å². The van der Waals surface area contributed by atoms with Crippen molar-refractivity contribution in [1.29, 1.82) is 0 Å². The highest BCUT2D eigenvalue weighted by Crippen LogP contribution is 2.24. The summed E-state index contributed by atoms with van der Waals surface area (Å²) < 4.78 is 41.6. The van der Waals surface area contributed by atoms with Crippen molar-refractivity contribution < 1.29 is 12.8 Å².